The molecule has 1 atom stereocenters. The minimum absolute atomic E-state index is 0.00721. The molecule has 0 radical (unpaired) electrons. The zero-order chi connectivity index (χ0) is 22.4. The van der Waals surface area contributed by atoms with Crippen LogP contribution in [0.15, 0.2) is 53.6 Å². The third-order valence-corrected chi connectivity index (χ3v) is 6.13. The summed E-state index contributed by atoms with van der Waals surface area (Å²) in [5.74, 6) is 0.398. The van der Waals surface area contributed by atoms with Crippen molar-refractivity contribution in [1.82, 2.24) is 14.3 Å². The number of halogens is 3. The van der Waals surface area contributed by atoms with Gasteiger partial charge in [-0.3, -0.25) is 4.57 Å². The van der Waals surface area contributed by atoms with Crippen molar-refractivity contribution in [3.8, 4) is 28.8 Å². The molecule has 1 N–H and O–H groups in total. The average molecular weight is 453 g/mol. The Balaban J connectivity index is 1.74. The van der Waals surface area contributed by atoms with Gasteiger partial charge in [-0.1, -0.05) is 0 Å². The van der Waals surface area contributed by atoms with Gasteiger partial charge >= 0.3 is 6.18 Å². The number of imidazole rings is 1. The zero-order valence-corrected chi connectivity index (χ0v) is 17.3. The van der Waals surface area contributed by atoms with Crippen molar-refractivity contribution in [2.75, 3.05) is 7.05 Å². The second kappa shape index (κ2) is 7.57. The van der Waals surface area contributed by atoms with Gasteiger partial charge in [0.25, 0.3) is 6.01 Å². The summed E-state index contributed by atoms with van der Waals surface area (Å²) in [4.78, 5) is 4.40. The van der Waals surface area contributed by atoms with Crippen LogP contribution in [0.3, 0.4) is 0 Å². The number of rotatable bonds is 5. The first-order valence-electron chi connectivity index (χ1n) is 9.24. The van der Waals surface area contributed by atoms with E-state index in [1.54, 1.807) is 10.8 Å². The summed E-state index contributed by atoms with van der Waals surface area (Å²) in [5, 5.41) is 0. The molecule has 11 heteroatoms. The maximum absolute atomic E-state index is 12.8. The highest BCUT2D eigenvalue weighted by Gasteiger charge is 2.30. The van der Waals surface area contributed by atoms with Crippen LogP contribution in [0.25, 0.3) is 11.3 Å². The SMILES string of the molecule is CNS(=O)(=O)c1ccc(Oc2ccc(C(F)(F)F)cc2)c(-c2cn3c(n2)O[C@H](C)C3)c1. The molecule has 1 aromatic heterocycles. The maximum Gasteiger partial charge on any atom is 0.416 e. The molecule has 1 aliphatic rings. The molecule has 0 spiro atoms. The van der Waals surface area contributed by atoms with Crippen LogP contribution in [0.4, 0.5) is 13.2 Å². The van der Waals surface area contributed by atoms with Gasteiger partial charge in [0, 0.05) is 11.8 Å². The number of hydrogen-bond donors (Lipinski definition) is 1. The Kier molecular flexibility index (Phi) is 5.18. The molecule has 0 amide bonds. The van der Waals surface area contributed by atoms with Crippen molar-refractivity contribution in [2.45, 2.75) is 30.6 Å². The lowest BCUT2D eigenvalue weighted by Crippen LogP contribution is -2.18. The third-order valence-electron chi connectivity index (χ3n) is 4.72. The van der Waals surface area contributed by atoms with Crippen molar-refractivity contribution >= 4 is 10.0 Å². The number of nitrogens with one attached hydrogen (secondary N) is 1. The van der Waals surface area contributed by atoms with E-state index in [1.165, 1.54) is 37.4 Å². The fraction of sp³-hybridized carbons (Fsp3) is 0.250. The molecule has 164 valence electrons. The van der Waals surface area contributed by atoms with E-state index in [9.17, 15) is 21.6 Å². The maximum atomic E-state index is 12.8. The topological polar surface area (TPSA) is 82.5 Å². The number of fused-ring (bicyclic) bond motifs is 1. The highest BCUT2D eigenvalue weighted by atomic mass is 32.2. The van der Waals surface area contributed by atoms with Crippen molar-refractivity contribution in [3.05, 3.63) is 54.2 Å². The monoisotopic (exact) mass is 453 g/mol. The highest BCUT2D eigenvalue weighted by molar-refractivity contribution is 7.89. The molecule has 0 saturated heterocycles. The quantitative estimate of drug-likeness (QED) is 0.630. The second-order valence-electron chi connectivity index (χ2n) is 6.98. The van der Waals surface area contributed by atoms with Gasteiger partial charge in [-0.15, -0.1) is 0 Å². The predicted octanol–water partition coefficient (Wildman–Crippen LogP) is 4.05. The summed E-state index contributed by atoms with van der Waals surface area (Å²) >= 11 is 0. The Morgan fingerprint density at radius 1 is 1.19 bits per heavy atom. The normalized spacial score (nSPS) is 16.1. The average Bonchev–Trinajstić information content (AvgIpc) is 3.25. The third kappa shape index (κ3) is 4.23. The molecule has 0 aliphatic carbocycles. The Morgan fingerprint density at radius 2 is 1.90 bits per heavy atom. The standard InChI is InChI=1S/C20H18F3N3O4S/c1-12-10-26-11-17(25-19(26)29-12)16-9-15(31(27,28)24-2)7-8-18(16)30-14-5-3-13(4-6-14)20(21,22)23/h3-9,11-12,24H,10H2,1-2H3/t12-/m1/s1. The molecular formula is C20H18F3N3O4S. The van der Waals surface area contributed by atoms with Crippen LogP contribution in [0, 0.1) is 0 Å². The molecule has 0 bridgehead atoms. The van der Waals surface area contributed by atoms with Crippen LogP contribution in [0.2, 0.25) is 0 Å². The first-order chi connectivity index (χ1) is 14.6. The van der Waals surface area contributed by atoms with Gasteiger partial charge in [-0.2, -0.15) is 18.2 Å². The zero-order valence-electron chi connectivity index (χ0n) is 16.5. The van der Waals surface area contributed by atoms with E-state index in [4.69, 9.17) is 9.47 Å². The molecule has 0 fully saturated rings. The van der Waals surface area contributed by atoms with Gasteiger partial charge in [0.05, 0.1) is 22.7 Å². The fourth-order valence-electron chi connectivity index (χ4n) is 3.17. The summed E-state index contributed by atoms with van der Waals surface area (Å²) in [6, 6.07) is 8.79. The molecular weight excluding hydrogens is 435 g/mol. The Hall–Kier alpha value is -3.05. The number of aromatic nitrogens is 2. The molecule has 2 aromatic carbocycles. The molecule has 7 nitrogen and oxygen atoms in total. The lowest BCUT2D eigenvalue weighted by Gasteiger charge is -2.13. The smallest absolute Gasteiger partial charge is 0.416 e. The van der Waals surface area contributed by atoms with Gasteiger partial charge in [0.2, 0.25) is 10.0 Å². The molecule has 4 rings (SSSR count). The van der Waals surface area contributed by atoms with Crippen molar-refractivity contribution < 1.29 is 31.1 Å². The summed E-state index contributed by atoms with van der Waals surface area (Å²) in [6.07, 6.45) is -2.78. The van der Waals surface area contributed by atoms with Gasteiger partial charge in [0.15, 0.2) is 0 Å². The highest BCUT2D eigenvalue weighted by Crippen LogP contribution is 2.38. The number of ether oxygens (including phenoxy) is 2. The van der Waals surface area contributed by atoms with Crippen LogP contribution in [-0.2, 0) is 22.7 Å². The van der Waals surface area contributed by atoms with Crippen LogP contribution >= 0.6 is 0 Å². The molecule has 1 aliphatic heterocycles. The number of benzene rings is 2. The lowest BCUT2D eigenvalue weighted by atomic mass is 10.1. The van der Waals surface area contributed by atoms with Gasteiger partial charge in [-0.05, 0) is 56.4 Å². The van der Waals surface area contributed by atoms with E-state index in [2.05, 4.69) is 9.71 Å². The summed E-state index contributed by atoms with van der Waals surface area (Å²) in [5.41, 5.74) is -0.0290. The largest absolute Gasteiger partial charge is 0.460 e. The van der Waals surface area contributed by atoms with Gasteiger partial charge < -0.3 is 9.47 Å². The molecule has 31 heavy (non-hydrogen) atoms. The van der Waals surface area contributed by atoms with E-state index in [0.717, 1.165) is 12.1 Å². The van der Waals surface area contributed by atoms with E-state index in [0.29, 0.717) is 23.8 Å². The van der Waals surface area contributed by atoms with Crippen LogP contribution in [0.1, 0.15) is 12.5 Å². The molecule has 2 heterocycles. The van der Waals surface area contributed by atoms with Gasteiger partial charge in [-0.25, -0.2) is 13.1 Å². The number of sulfonamides is 1. The second-order valence-corrected chi connectivity index (χ2v) is 8.87. The van der Waals surface area contributed by atoms with E-state index in [1.807, 2.05) is 6.92 Å². The van der Waals surface area contributed by atoms with Crippen molar-refractivity contribution in [2.24, 2.45) is 0 Å². The Bertz CT molecular complexity index is 1200. The lowest BCUT2D eigenvalue weighted by molar-refractivity contribution is -0.137. The minimum Gasteiger partial charge on any atom is -0.460 e. The number of nitrogens with zero attached hydrogens (tertiary/aromatic N) is 2. The van der Waals surface area contributed by atoms with E-state index < -0.39 is 21.8 Å². The van der Waals surface area contributed by atoms with E-state index in [-0.39, 0.29) is 22.5 Å². The van der Waals surface area contributed by atoms with Crippen molar-refractivity contribution in [1.29, 1.82) is 0 Å². The minimum atomic E-state index is -4.46. The van der Waals surface area contributed by atoms with E-state index >= 15 is 0 Å². The first-order valence-corrected chi connectivity index (χ1v) is 10.7. The summed E-state index contributed by atoms with van der Waals surface area (Å²) in [7, 11) is -2.45. The molecule has 0 unspecified atom stereocenters. The first kappa shape index (κ1) is 21.2. The molecule has 0 saturated carbocycles. The number of alkyl halides is 3. The predicted molar refractivity (Wildman–Crippen MR) is 106 cm³/mol. The van der Waals surface area contributed by atoms with Gasteiger partial charge in [0.1, 0.15) is 17.6 Å². The van der Waals surface area contributed by atoms with Crippen molar-refractivity contribution in [3.63, 3.8) is 0 Å². The number of hydrogen-bond acceptors (Lipinski definition) is 5. The summed E-state index contributed by atoms with van der Waals surface area (Å²) < 4.78 is 78.4. The molecule has 3 aromatic rings. The Labute approximate surface area is 176 Å². The van der Waals surface area contributed by atoms with Crippen LogP contribution < -0.4 is 14.2 Å². The Morgan fingerprint density at radius 3 is 2.52 bits per heavy atom. The van der Waals surface area contributed by atoms with Crippen LogP contribution in [0.5, 0.6) is 17.5 Å². The summed E-state index contributed by atoms with van der Waals surface area (Å²) in [6.45, 7) is 2.49. The van der Waals surface area contributed by atoms with Crippen LogP contribution in [-0.4, -0.2) is 31.1 Å². The fourth-order valence-corrected chi connectivity index (χ4v) is 3.93.